The second-order valence-corrected chi connectivity index (χ2v) is 7.33. The number of urea groups is 1. The Morgan fingerprint density at radius 1 is 1.19 bits per heavy atom. The van der Waals surface area contributed by atoms with Crippen LogP contribution in [0.15, 0.2) is 22.7 Å². The van der Waals surface area contributed by atoms with Crippen molar-refractivity contribution in [2.24, 2.45) is 10.8 Å². The summed E-state index contributed by atoms with van der Waals surface area (Å²) in [5.41, 5.74) is 0.652. The van der Waals surface area contributed by atoms with E-state index in [1.165, 1.54) is 12.1 Å². The number of carboxylic acids is 1. The maximum atomic E-state index is 12.1. The highest BCUT2D eigenvalue weighted by molar-refractivity contribution is 9.10. The molecule has 0 bridgehead atoms. The Balaban J connectivity index is 2.07. The Morgan fingerprint density at radius 3 is 2.24 bits per heavy atom. The number of anilines is 1. The minimum atomic E-state index is -1.03. The summed E-state index contributed by atoms with van der Waals surface area (Å²) in [5.74, 6) is -1.03. The number of carbonyl (C=O) groups excluding carboxylic acids is 1. The van der Waals surface area contributed by atoms with Crippen molar-refractivity contribution >= 4 is 33.6 Å². The molecule has 1 aromatic rings. The molecule has 6 heteroatoms. The average Bonchev–Trinajstić information content (AvgIpc) is 2.74. The monoisotopic (exact) mass is 354 g/mol. The van der Waals surface area contributed by atoms with E-state index in [2.05, 4.69) is 54.3 Å². The molecule has 5 nitrogen and oxygen atoms in total. The molecule has 3 N–H and O–H groups in total. The number of carboxylic acid groups (broad SMARTS) is 1. The second kappa shape index (κ2) is 5.02. The van der Waals surface area contributed by atoms with Gasteiger partial charge in [0.25, 0.3) is 0 Å². The fraction of sp³-hybridized carbons (Fsp3) is 0.467. The second-order valence-electron chi connectivity index (χ2n) is 6.47. The summed E-state index contributed by atoms with van der Waals surface area (Å²) in [6.07, 6.45) is 0. The van der Waals surface area contributed by atoms with Crippen LogP contribution in [0.4, 0.5) is 10.5 Å². The number of amides is 2. The molecule has 1 aromatic carbocycles. The highest BCUT2D eigenvalue weighted by atomic mass is 79.9. The minimum Gasteiger partial charge on any atom is -0.478 e. The number of hydrogen-bond donors (Lipinski definition) is 3. The number of hydrogen-bond acceptors (Lipinski definition) is 2. The molecule has 21 heavy (non-hydrogen) atoms. The standard InChI is InChI=1S/C15H19BrN2O3/c1-14(2)12(15(14,3)4)18-13(21)17-10-7-8(11(19)20)5-6-9(10)16/h5-7,12H,1-4H3,(H,19,20)(H2,17,18,21). The average molecular weight is 355 g/mol. The molecule has 114 valence electrons. The normalized spacial score (nSPS) is 18.9. The molecule has 1 fully saturated rings. The van der Waals surface area contributed by atoms with Crippen molar-refractivity contribution < 1.29 is 14.7 Å². The summed E-state index contributed by atoms with van der Waals surface area (Å²) in [6.45, 7) is 8.44. The zero-order chi connectivity index (χ0) is 16.0. The molecule has 1 saturated carbocycles. The van der Waals surface area contributed by atoms with E-state index >= 15 is 0 Å². The van der Waals surface area contributed by atoms with E-state index in [0.717, 1.165) is 0 Å². The van der Waals surface area contributed by atoms with Crippen LogP contribution in [0.2, 0.25) is 0 Å². The fourth-order valence-electron chi connectivity index (χ4n) is 2.60. The van der Waals surface area contributed by atoms with Crippen LogP contribution < -0.4 is 10.6 Å². The molecular formula is C15H19BrN2O3. The van der Waals surface area contributed by atoms with E-state index in [9.17, 15) is 9.59 Å². The van der Waals surface area contributed by atoms with E-state index in [4.69, 9.17) is 5.11 Å². The Labute approximate surface area is 132 Å². The number of halogens is 1. The zero-order valence-electron chi connectivity index (χ0n) is 12.5. The summed E-state index contributed by atoms with van der Waals surface area (Å²) in [4.78, 5) is 23.0. The molecule has 0 saturated heterocycles. The van der Waals surface area contributed by atoms with E-state index in [1.54, 1.807) is 6.07 Å². The highest BCUT2D eigenvalue weighted by Gasteiger charge is 2.65. The topological polar surface area (TPSA) is 78.4 Å². The van der Waals surface area contributed by atoms with E-state index in [-0.39, 0.29) is 28.5 Å². The van der Waals surface area contributed by atoms with Crippen LogP contribution in [0.1, 0.15) is 38.1 Å². The fourth-order valence-corrected chi connectivity index (χ4v) is 2.95. The lowest BCUT2D eigenvalue weighted by Crippen LogP contribution is -2.34. The molecule has 1 aliphatic carbocycles. The van der Waals surface area contributed by atoms with Gasteiger partial charge in [-0.25, -0.2) is 9.59 Å². The van der Waals surface area contributed by atoms with Gasteiger partial charge in [0.15, 0.2) is 0 Å². The summed E-state index contributed by atoms with van der Waals surface area (Å²) in [6, 6.07) is 4.26. The summed E-state index contributed by atoms with van der Waals surface area (Å²) < 4.78 is 0.636. The number of benzene rings is 1. The van der Waals surface area contributed by atoms with Crippen LogP contribution in [0.25, 0.3) is 0 Å². The first-order chi connectivity index (χ1) is 9.57. The minimum absolute atomic E-state index is 0.0461. The van der Waals surface area contributed by atoms with Crippen molar-refractivity contribution in [2.45, 2.75) is 33.7 Å². The number of carbonyl (C=O) groups is 2. The van der Waals surface area contributed by atoms with Gasteiger partial charge in [0.2, 0.25) is 0 Å². The van der Waals surface area contributed by atoms with Crippen molar-refractivity contribution in [2.75, 3.05) is 5.32 Å². The van der Waals surface area contributed by atoms with Gasteiger partial charge in [0.1, 0.15) is 0 Å². The lowest BCUT2D eigenvalue weighted by atomic mass is 10.0. The largest absolute Gasteiger partial charge is 0.478 e. The molecule has 2 amide bonds. The summed E-state index contributed by atoms with van der Waals surface area (Å²) in [5, 5.41) is 14.6. The van der Waals surface area contributed by atoms with Crippen LogP contribution in [0, 0.1) is 10.8 Å². The van der Waals surface area contributed by atoms with Gasteiger partial charge in [-0.3, -0.25) is 0 Å². The van der Waals surface area contributed by atoms with E-state index in [0.29, 0.717) is 10.2 Å². The van der Waals surface area contributed by atoms with Crippen molar-refractivity contribution in [3.05, 3.63) is 28.2 Å². The molecule has 0 aromatic heterocycles. The SMILES string of the molecule is CC1(C)C(NC(=O)Nc2cc(C(=O)O)ccc2Br)C1(C)C. The summed E-state index contributed by atoms with van der Waals surface area (Å²) >= 11 is 3.30. The molecule has 0 radical (unpaired) electrons. The molecule has 2 rings (SSSR count). The molecule has 0 spiro atoms. The Hall–Kier alpha value is -1.56. The number of nitrogens with one attached hydrogen (secondary N) is 2. The molecule has 0 aliphatic heterocycles. The van der Waals surface area contributed by atoms with Gasteiger partial charge in [-0.1, -0.05) is 27.7 Å². The third kappa shape index (κ3) is 2.77. The van der Waals surface area contributed by atoms with Crippen molar-refractivity contribution in [3.63, 3.8) is 0 Å². The predicted octanol–water partition coefficient (Wildman–Crippen LogP) is 3.70. The zero-order valence-corrected chi connectivity index (χ0v) is 14.0. The van der Waals surface area contributed by atoms with Crippen LogP contribution in [-0.2, 0) is 0 Å². The van der Waals surface area contributed by atoms with Crippen LogP contribution >= 0.6 is 15.9 Å². The number of aromatic carboxylic acids is 1. The van der Waals surface area contributed by atoms with Crippen LogP contribution in [0.3, 0.4) is 0 Å². The lowest BCUT2D eigenvalue weighted by molar-refractivity contribution is 0.0697. The Morgan fingerprint density at radius 2 is 1.76 bits per heavy atom. The first kappa shape index (κ1) is 15.8. The van der Waals surface area contributed by atoms with Crippen molar-refractivity contribution in [3.8, 4) is 0 Å². The van der Waals surface area contributed by atoms with Crippen LogP contribution in [0.5, 0.6) is 0 Å². The number of rotatable bonds is 3. The molecule has 0 atom stereocenters. The first-order valence-electron chi connectivity index (χ1n) is 6.67. The molecule has 0 heterocycles. The smallest absolute Gasteiger partial charge is 0.335 e. The van der Waals surface area contributed by atoms with Crippen molar-refractivity contribution in [1.82, 2.24) is 5.32 Å². The van der Waals surface area contributed by atoms with Gasteiger partial charge in [-0.05, 0) is 45.0 Å². The molecule has 0 unspecified atom stereocenters. The maximum absolute atomic E-state index is 12.1. The Bertz CT molecular complexity index is 597. The van der Waals surface area contributed by atoms with E-state index < -0.39 is 5.97 Å². The van der Waals surface area contributed by atoms with Gasteiger partial charge >= 0.3 is 12.0 Å². The van der Waals surface area contributed by atoms with Gasteiger partial charge < -0.3 is 15.7 Å². The molecule has 1 aliphatic rings. The summed E-state index contributed by atoms with van der Waals surface area (Å²) in [7, 11) is 0. The van der Waals surface area contributed by atoms with E-state index in [1.807, 2.05) is 0 Å². The maximum Gasteiger partial charge on any atom is 0.335 e. The van der Waals surface area contributed by atoms with Gasteiger partial charge in [0, 0.05) is 10.5 Å². The van der Waals surface area contributed by atoms with Gasteiger partial charge in [0.05, 0.1) is 11.3 Å². The molecular weight excluding hydrogens is 336 g/mol. The van der Waals surface area contributed by atoms with Crippen LogP contribution in [-0.4, -0.2) is 23.1 Å². The van der Waals surface area contributed by atoms with Gasteiger partial charge in [-0.2, -0.15) is 0 Å². The lowest BCUT2D eigenvalue weighted by Gasteiger charge is -2.11. The highest BCUT2D eigenvalue weighted by Crippen LogP contribution is 2.62. The predicted molar refractivity (Wildman–Crippen MR) is 84.6 cm³/mol. The third-order valence-corrected chi connectivity index (χ3v) is 5.45. The Kier molecular flexibility index (Phi) is 3.78. The quantitative estimate of drug-likeness (QED) is 0.774. The third-order valence-electron chi connectivity index (χ3n) is 4.76. The van der Waals surface area contributed by atoms with Crippen molar-refractivity contribution in [1.29, 1.82) is 0 Å². The first-order valence-corrected chi connectivity index (χ1v) is 7.47. The van der Waals surface area contributed by atoms with Gasteiger partial charge in [-0.15, -0.1) is 0 Å².